The number of halogens is 2. The van der Waals surface area contributed by atoms with Crippen molar-refractivity contribution in [2.24, 2.45) is 11.8 Å². The maximum Gasteiger partial charge on any atom is 0.122 e. The van der Waals surface area contributed by atoms with Crippen LogP contribution in [0.2, 0.25) is 0 Å². The molecule has 0 saturated carbocycles. The smallest absolute Gasteiger partial charge is 0.122 e. The molecule has 0 amide bonds. The standard InChI is InChI=1S/C8H14Cl2O/c1-6(5-11)3-7(2)8(10)4-9/h5-8H,3-4H2,1-2H3/t6-,7+,8-/m0/s1. The zero-order valence-corrected chi connectivity index (χ0v) is 8.40. The second-order valence-corrected chi connectivity index (χ2v) is 3.87. The third kappa shape index (κ3) is 4.65. The van der Waals surface area contributed by atoms with Crippen LogP contribution in [0.25, 0.3) is 0 Å². The van der Waals surface area contributed by atoms with Crippen molar-refractivity contribution in [1.29, 1.82) is 0 Å². The molecular formula is C8H14Cl2O. The first-order valence-corrected chi connectivity index (χ1v) is 4.74. The average Bonchev–Trinajstić information content (AvgIpc) is 2.02. The van der Waals surface area contributed by atoms with Gasteiger partial charge in [-0.1, -0.05) is 13.8 Å². The third-order valence-corrected chi connectivity index (χ3v) is 2.82. The van der Waals surface area contributed by atoms with E-state index in [2.05, 4.69) is 0 Å². The number of rotatable bonds is 5. The van der Waals surface area contributed by atoms with Crippen molar-refractivity contribution >= 4 is 29.5 Å². The lowest BCUT2D eigenvalue weighted by Gasteiger charge is -2.16. The third-order valence-electron chi connectivity index (χ3n) is 1.74. The van der Waals surface area contributed by atoms with Gasteiger partial charge in [-0.2, -0.15) is 0 Å². The molecule has 3 atom stereocenters. The highest BCUT2D eigenvalue weighted by Crippen LogP contribution is 2.19. The maximum atomic E-state index is 10.3. The van der Waals surface area contributed by atoms with Gasteiger partial charge >= 0.3 is 0 Å². The van der Waals surface area contributed by atoms with Crippen LogP contribution in [-0.4, -0.2) is 17.5 Å². The van der Waals surface area contributed by atoms with Gasteiger partial charge in [0, 0.05) is 17.2 Å². The summed E-state index contributed by atoms with van der Waals surface area (Å²) in [5.74, 6) is 0.859. The minimum absolute atomic E-state index is 0.0148. The fraction of sp³-hybridized carbons (Fsp3) is 0.875. The quantitative estimate of drug-likeness (QED) is 0.489. The molecule has 3 heteroatoms. The van der Waals surface area contributed by atoms with Gasteiger partial charge in [-0.15, -0.1) is 23.2 Å². The van der Waals surface area contributed by atoms with Crippen LogP contribution in [0.4, 0.5) is 0 Å². The summed E-state index contributed by atoms with van der Waals surface area (Å²) in [7, 11) is 0. The molecule has 0 radical (unpaired) electrons. The van der Waals surface area contributed by atoms with Crippen molar-refractivity contribution in [3.8, 4) is 0 Å². The molecular weight excluding hydrogens is 183 g/mol. The fourth-order valence-corrected chi connectivity index (χ4v) is 1.35. The van der Waals surface area contributed by atoms with E-state index in [-0.39, 0.29) is 11.3 Å². The van der Waals surface area contributed by atoms with E-state index in [9.17, 15) is 4.79 Å². The van der Waals surface area contributed by atoms with Crippen molar-refractivity contribution in [3.63, 3.8) is 0 Å². The molecule has 0 saturated heterocycles. The largest absolute Gasteiger partial charge is 0.303 e. The summed E-state index contributed by atoms with van der Waals surface area (Å²) in [5.41, 5.74) is 0. The number of aldehydes is 1. The molecule has 0 aliphatic rings. The zero-order chi connectivity index (χ0) is 8.85. The molecule has 1 nitrogen and oxygen atoms in total. The molecule has 0 aliphatic heterocycles. The first-order valence-electron chi connectivity index (χ1n) is 3.77. The average molecular weight is 197 g/mol. The number of carbonyl (C=O) groups is 1. The molecule has 0 bridgehead atoms. The van der Waals surface area contributed by atoms with Gasteiger partial charge in [-0.3, -0.25) is 0 Å². The Labute approximate surface area is 78.1 Å². The molecule has 0 heterocycles. The van der Waals surface area contributed by atoms with Crippen LogP contribution in [0.3, 0.4) is 0 Å². The summed E-state index contributed by atoms with van der Waals surface area (Å²) >= 11 is 11.4. The van der Waals surface area contributed by atoms with E-state index in [1.807, 2.05) is 13.8 Å². The molecule has 11 heavy (non-hydrogen) atoms. The van der Waals surface area contributed by atoms with Gasteiger partial charge in [0.25, 0.3) is 0 Å². The molecule has 0 fully saturated rings. The predicted octanol–water partition coefficient (Wildman–Crippen LogP) is 2.69. The van der Waals surface area contributed by atoms with Crippen LogP contribution in [0.15, 0.2) is 0 Å². The molecule has 0 aromatic rings. The monoisotopic (exact) mass is 196 g/mol. The minimum Gasteiger partial charge on any atom is -0.303 e. The SMILES string of the molecule is C[C@H](C=O)C[C@@H](C)[C@@H](Cl)CCl. The Morgan fingerprint density at radius 3 is 2.36 bits per heavy atom. The van der Waals surface area contributed by atoms with Gasteiger partial charge in [0.15, 0.2) is 0 Å². The number of alkyl halides is 2. The lowest BCUT2D eigenvalue weighted by atomic mass is 9.96. The van der Waals surface area contributed by atoms with Crippen LogP contribution >= 0.6 is 23.2 Å². The van der Waals surface area contributed by atoms with Crippen LogP contribution < -0.4 is 0 Å². The molecule has 0 rings (SSSR count). The van der Waals surface area contributed by atoms with E-state index in [4.69, 9.17) is 23.2 Å². The molecule has 0 N–H and O–H groups in total. The van der Waals surface area contributed by atoms with Crippen molar-refractivity contribution < 1.29 is 4.79 Å². The number of hydrogen-bond acceptors (Lipinski definition) is 1. The Kier molecular flexibility index (Phi) is 5.98. The molecule has 0 unspecified atom stereocenters. The lowest BCUT2D eigenvalue weighted by Crippen LogP contribution is -2.16. The van der Waals surface area contributed by atoms with Crippen LogP contribution in [0.5, 0.6) is 0 Å². The van der Waals surface area contributed by atoms with Gasteiger partial charge < -0.3 is 4.79 Å². The maximum absolute atomic E-state index is 10.3. The molecule has 0 aromatic heterocycles. The second-order valence-electron chi connectivity index (χ2n) is 3.00. The fourth-order valence-electron chi connectivity index (χ4n) is 0.942. The lowest BCUT2D eigenvalue weighted by molar-refractivity contribution is -0.111. The molecule has 0 aliphatic carbocycles. The molecule has 0 spiro atoms. The van der Waals surface area contributed by atoms with E-state index in [1.54, 1.807) is 0 Å². The summed E-state index contributed by atoms with van der Waals surface area (Å²) in [6.07, 6.45) is 1.78. The summed E-state index contributed by atoms with van der Waals surface area (Å²) < 4.78 is 0. The Balaban J connectivity index is 3.66. The molecule has 66 valence electrons. The Bertz CT molecular complexity index is 117. The van der Waals surface area contributed by atoms with Crippen molar-refractivity contribution in [1.82, 2.24) is 0 Å². The van der Waals surface area contributed by atoms with E-state index < -0.39 is 0 Å². The van der Waals surface area contributed by atoms with Gasteiger partial charge in [0.1, 0.15) is 6.29 Å². The zero-order valence-electron chi connectivity index (χ0n) is 6.89. The highest BCUT2D eigenvalue weighted by atomic mass is 35.5. The number of carbonyl (C=O) groups excluding carboxylic acids is 1. The van der Waals surface area contributed by atoms with Crippen molar-refractivity contribution in [2.75, 3.05) is 5.88 Å². The summed E-state index contributed by atoms with van der Waals surface area (Å²) in [6, 6.07) is 0. The van der Waals surface area contributed by atoms with Gasteiger partial charge in [0.2, 0.25) is 0 Å². The Morgan fingerprint density at radius 1 is 1.45 bits per heavy atom. The summed E-state index contributed by atoms with van der Waals surface area (Å²) in [4.78, 5) is 10.3. The van der Waals surface area contributed by atoms with Gasteiger partial charge in [-0.05, 0) is 12.3 Å². The first kappa shape index (κ1) is 11.2. The van der Waals surface area contributed by atoms with E-state index in [0.717, 1.165) is 12.7 Å². The Hall–Kier alpha value is 0.250. The van der Waals surface area contributed by atoms with Crippen molar-refractivity contribution in [2.45, 2.75) is 25.6 Å². The van der Waals surface area contributed by atoms with Crippen LogP contribution in [-0.2, 0) is 4.79 Å². The molecule has 0 aromatic carbocycles. The van der Waals surface area contributed by atoms with Gasteiger partial charge in [-0.25, -0.2) is 0 Å². The Morgan fingerprint density at radius 2 is 2.00 bits per heavy atom. The van der Waals surface area contributed by atoms with Crippen LogP contribution in [0.1, 0.15) is 20.3 Å². The van der Waals surface area contributed by atoms with E-state index in [1.165, 1.54) is 0 Å². The predicted molar refractivity (Wildman–Crippen MR) is 49.4 cm³/mol. The highest BCUT2D eigenvalue weighted by molar-refractivity contribution is 6.28. The topological polar surface area (TPSA) is 17.1 Å². The second kappa shape index (κ2) is 5.84. The highest BCUT2D eigenvalue weighted by Gasteiger charge is 2.15. The minimum atomic E-state index is -0.0148. The summed E-state index contributed by atoms with van der Waals surface area (Å²) in [5, 5.41) is -0.0148. The van der Waals surface area contributed by atoms with E-state index in [0.29, 0.717) is 11.8 Å². The normalized spacial score (nSPS) is 18.9. The van der Waals surface area contributed by atoms with E-state index >= 15 is 0 Å². The number of hydrogen-bond donors (Lipinski definition) is 0. The van der Waals surface area contributed by atoms with Crippen LogP contribution in [0, 0.1) is 11.8 Å². The first-order chi connectivity index (χ1) is 5.11. The van der Waals surface area contributed by atoms with Gasteiger partial charge in [0.05, 0.1) is 0 Å². The van der Waals surface area contributed by atoms with Crippen molar-refractivity contribution in [3.05, 3.63) is 0 Å². The summed E-state index contributed by atoms with van der Waals surface area (Å²) in [6.45, 7) is 3.90.